The van der Waals surface area contributed by atoms with E-state index in [1.165, 1.54) is 16.0 Å². The van der Waals surface area contributed by atoms with Crippen LogP contribution in [0.25, 0.3) is 0 Å². The fourth-order valence-corrected chi connectivity index (χ4v) is 2.50. The standard InChI is InChI=1S/C12H10Cl2S/c1-8-4-10(7-15-8)5-9-2-3-11(13)12(14)6-9/h2-4,6-7H,5H2,1H3. The summed E-state index contributed by atoms with van der Waals surface area (Å²) in [6, 6.07) is 7.99. The van der Waals surface area contributed by atoms with Crippen LogP contribution in [-0.2, 0) is 6.42 Å². The van der Waals surface area contributed by atoms with Gasteiger partial charge in [-0.05, 0) is 48.1 Å². The van der Waals surface area contributed by atoms with Crippen molar-refractivity contribution in [3.63, 3.8) is 0 Å². The van der Waals surface area contributed by atoms with Gasteiger partial charge in [0.05, 0.1) is 10.0 Å². The van der Waals surface area contributed by atoms with E-state index < -0.39 is 0 Å². The van der Waals surface area contributed by atoms with Crippen LogP contribution in [0.1, 0.15) is 16.0 Å². The average molecular weight is 257 g/mol. The SMILES string of the molecule is Cc1cc(Cc2ccc(Cl)c(Cl)c2)cs1. The number of hydrogen-bond donors (Lipinski definition) is 0. The van der Waals surface area contributed by atoms with Crippen LogP contribution < -0.4 is 0 Å². The summed E-state index contributed by atoms with van der Waals surface area (Å²) in [5.74, 6) is 0. The molecule has 2 rings (SSSR count). The molecule has 0 saturated heterocycles. The van der Waals surface area contributed by atoms with Crippen LogP contribution in [0.15, 0.2) is 29.6 Å². The van der Waals surface area contributed by atoms with E-state index in [9.17, 15) is 0 Å². The molecule has 0 fully saturated rings. The molecule has 15 heavy (non-hydrogen) atoms. The molecule has 0 saturated carbocycles. The fraction of sp³-hybridized carbons (Fsp3) is 0.167. The molecule has 0 N–H and O–H groups in total. The molecule has 0 aliphatic rings. The van der Waals surface area contributed by atoms with E-state index >= 15 is 0 Å². The van der Waals surface area contributed by atoms with Gasteiger partial charge in [0, 0.05) is 4.88 Å². The minimum Gasteiger partial charge on any atom is -0.149 e. The van der Waals surface area contributed by atoms with E-state index in [1.54, 1.807) is 11.3 Å². The first-order chi connectivity index (χ1) is 7.15. The summed E-state index contributed by atoms with van der Waals surface area (Å²) in [6.45, 7) is 2.11. The summed E-state index contributed by atoms with van der Waals surface area (Å²) in [7, 11) is 0. The quantitative estimate of drug-likeness (QED) is 0.713. The van der Waals surface area contributed by atoms with Gasteiger partial charge in [0.2, 0.25) is 0 Å². The highest BCUT2D eigenvalue weighted by atomic mass is 35.5. The summed E-state index contributed by atoms with van der Waals surface area (Å²) in [5, 5.41) is 3.42. The molecule has 3 heteroatoms. The van der Waals surface area contributed by atoms with Crippen LogP contribution >= 0.6 is 34.5 Å². The van der Waals surface area contributed by atoms with Crippen molar-refractivity contribution in [3.05, 3.63) is 55.7 Å². The summed E-state index contributed by atoms with van der Waals surface area (Å²) in [4.78, 5) is 1.34. The monoisotopic (exact) mass is 256 g/mol. The molecule has 0 spiro atoms. The molecule has 78 valence electrons. The van der Waals surface area contributed by atoms with Crippen LogP contribution in [0, 0.1) is 6.92 Å². The molecule has 1 aromatic carbocycles. The van der Waals surface area contributed by atoms with Crippen molar-refractivity contribution in [3.8, 4) is 0 Å². The highest BCUT2D eigenvalue weighted by Gasteiger charge is 2.02. The Morgan fingerprint density at radius 1 is 1.07 bits per heavy atom. The van der Waals surface area contributed by atoms with Gasteiger partial charge in [-0.15, -0.1) is 11.3 Å². The molecule has 0 radical (unpaired) electrons. The zero-order chi connectivity index (χ0) is 10.8. The zero-order valence-corrected chi connectivity index (χ0v) is 10.6. The Kier molecular flexibility index (Phi) is 3.35. The van der Waals surface area contributed by atoms with E-state index in [0.717, 1.165) is 6.42 Å². The Balaban J connectivity index is 2.21. The molecule has 2 aromatic rings. The molecule has 0 unspecified atom stereocenters. The van der Waals surface area contributed by atoms with Crippen LogP contribution in [0.3, 0.4) is 0 Å². The van der Waals surface area contributed by atoms with E-state index in [-0.39, 0.29) is 0 Å². The smallest absolute Gasteiger partial charge is 0.0595 e. The maximum Gasteiger partial charge on any atom is 0.0595 e. The molecule has 0 aliphatic heterocycles. The fourth-order valence-electron chi connectivity index (χ4n) is 1.48. The van der Waals surface area contributed by atoms with Crippen molar-refractivity contribution < 1.29 is 0 Å². The van der Waals surface area contributed by atoms with E-state index in [0.29, 0.717) is 10.0 Å². The van der Waals surface area contributed by atoms with Crippen molar-refractivity contribution in [2.24, 2.45) is 0 Å². The third kappa shape index (κ3) is 2.75. The first-order valence-electron chi connectivity index (χ1n) is 4.63. The lowest BCUT2D eigenvalue weighted by atomic mass is 10.1. The van der Waals surface area contributed by atoms with Gasteiger partial charge in [-0.3, -0.25) is 0 Å². The van der Waals surface area contributed by atoms with Gasteiger partial charge < -0.3 is 0 Å². The molecule has 0 nitrogen and oxygen atoms in total. The van der Waals surface area contributed by atoms with Gasteiger partial charge in [-0.2, -0.15) is 0 Å². The number of thiophene rings is 1. The molecule has 0 bridgehead atoms. The van der Waals surface area contributed by atoms with Gasteiger partial charge in [0.15, 0.2) is 0 Å². The second-order valence-corrected chi connectivity index (χ2v) is 5.42. The topological polar surface area (TPSA) is 0 Å². The minimum absolute atomic E-state index is 0.613. The zero-order valence-electron chi connectivity index (χ0n) is 8.26. The Labute approximate surface area is 103 Å². The van der Waals surface area contributed by atoms with Crippen LogP contribution in [-0.4, -0.2) is 0 Å². The molecular weight excluding hydrogens is 247 g/mol. The Bertz CT molecular complexity index is 474. The molecule has 1 aromatic heterocycles. The number of rotatable bonds is 2. The van der Waals surface area contributed by atoms with Crippen molar-refractivity contribution in [1.82, 2.24) is 0 Å². The van der Waals surface area contributed by atoms with Gasteiger partial charge >= 0.3 is 0 Å². The third-order valence-electron chi connectivity index (χ3n) is 2.18. The summed E-state index contributed by atoms with van der Waals surface area (Å²) >= 11 is 13.6. The molecule has 1 heterocycles. The Morgan fingerprint density at radius 3 is 2.47 bits per heavy atom. The summed E-state index contributed by atoms with van der Waals surface area (Å²) < 4.78 is 0. The Hall–Kier alpha value is -0.500. The average Bonchev–Trinajstić information content (AvgIpc) is 2.58. The highest BCUT2D eigenvalue weighted by Crippen LogP contribution is 2.24. The highest BCUT2D eigenvalue weighted by molar-refractivity contribution is 7.10. The van der Waals surface area contributed by atoms with Crippen molar-refractivity contribution in [2.75, 3.05) is 0 Å². The van der Waals surface area contributed by atoms with Gasteiger partial charge in [0.1, 0.15) is 0 Å². The molecule has 0 amide bonds. The Morgan fingerprint density at radius 2 is 1.87 bits per heavy atom. The number of halogens is 2. The largest absolute Gasteiger partial charge is 0.149 e. The summed E-state index contributed by atoms with van der Waals surface area (Å²) in [6.07, 6.45) is 0.918. The molecule has 0 atom stereocenters. The predicted octanol–water partition coefficient (Wildman–Crippen LogP) is 4.95. The van der Waals surface area contributed by atoms with Crippen LogP contribution in [0.2, 0.25) is 10.0 Å². The number of hydrogen-bond acceptors (Lipinski definition) is 1. The van der Waals surface area contributed by atoms with E-state index in [2.05, 4.69) is 18.4 Å². The first-order valence-corrected chi connectivity index (χ1v) is 6.26. The minimum atomic E-state index is 0.613. The normalized spacial score (nSPS) is 10.6. The van der Waals surface area contributed by atoms with Gasteiger partial charge in [0.25, 0.3) is 0 Å². The van der Waals surface area contributed by atoms with Crippen LogP contribution in [0.4, 0.5) is 0 Å². The second kappa shape index (κ2) is 4.56. The lowest BCUT2D eigenvalue weighted by Gasteiger charge is -2.01. The van der Waals surface area contributed by atoms with Crippen molar-refractivity contribution in [2.45, 2.75) is 13.3 Å². The maximum atomic E-state index is 5.96. The third-order valence-corrected chi connectivity index (χ3v) is 3.83. The lowest BCUT2D eigenvalue weighted by Crippen LogP contribution is -1.85. The van der Waals surface area contributed by atoms with E-state index in [4.69, 9.17) is 23.2 Å². The second-order valence-electron chi connectivity index (χ2n) is 3.49. The van der Waals surface area contributed by atoms with Crippen molar-refractivity contribution >= 4 is 34.5 Å². The molecular formula is C12H10Cl2S. The van der Waals surface area contributed by atoms with Gasteiger partial charge in [-0.25, -0.2) is 0 Å². The van der Waals surface area contributed by atoms with Gasteiger partial charge in [-0.1, -0.05) is 29.3 Å². The lowest BCUT2D eigenvalue weighted by molar-refractivity contribution is 1.21. The number of benzene rings is 1. The molecule has 0 aliphatic carbocycles. The predicted molar refractivity (Wildman–Crippen MR) is 68.3 cm³/mol. The number of aryl methyl sites for hydroxylation is 1. The summed E-state index contributed by atoms with van der Waals surface area (Å²) in [5.41, 5.74) is 2.53. The van der Waals surface area contributed by atoms with E-state index in [1.807, 2.05) is 18.2 Å². The van der Waals surface area contributed by atoms with Crippen molar-refractivity contribution in [1.29, 1.82) is 0 Å². The first kappa shape index (κ1) is 11.0. The van der Waals surface area contributed by atoms with Crippen LogP contribution in [0.5, 0.6) is 0 Å². The maximum absolute atomic E-state index is 5.96.